The molecule has 19 heavy (non-hydrogen) atoms. The van der Waals surface area contributed by atoms with Crippen LogP contribution >= 0.6 is 0 Å². The normalized spacial score (nSPS) is 12.3. The van der Waals surface area contributed by atoms with Crippen LogP contribution in [0.5, 0.6) is 0 Å². The minimum absolute atomic E-state index is 0.224. The summed E-state index contributed by atoms with van der Waals surface area (Å²) in [6.45, 7) is 2.21. The fraction of sp³-hybridized carbons (Fsp3) is 0.462. The highest BCUT2D eigenvalue weighted by Gasteiger charge is 2.34. The van der Waals surface area contributed by atoms with Crippen molar-refractivity contribution in [3.63, 3.8) is 0 Å². The number of nitrogens with zero attached hydrogens (tertiary/aromatic N) is 2. The third-order valence-corrected chi connectivity index (χ3v) is 2.89. The lowest BCUT2D eigenvalue weighted by Crippen LogP contribution is -2.07. The number of methoxy groups -OCH3 is 1. The number of aromatic nitrogens is 2. The maximum absolute atomic E-state index is 12.8. The standard InChI is InChI=1S/C13H15F3N2O/c1-3-4-9-5-6-10(8-19-2)18-11(9)7-12(17-18)13(14,15)16/h5-7H,3-4,8H2,1-2H3. The molecule has 0 amide bonds. The molecule has 0 saturated carbocycles. The van der Waals surface area contributed by atoms with E-state index in [1.165, 1.54) is 11.6 Å². The Morgan fingerprint density at radius 2 is 2.05 bits per heavy atom. The highest BCUT2D eigenvalue weighted by atomic mass is 19.4. The van der Waals surface area contributed by atoms with Crippen LogP contribution in [0.3, 0.4) is 0 Å². The number of aryl methyl sites for hydroxylation is 1. The van der Waals surface area contributed by atoms with Crippen LogP contribution in [-0.2, 0) is 23.9 Å². The fourth-order valence-corrected chi connectivity index (χ4v) is 2.06. The van der Waals surface area contributed by atoms with Gasteiger partial charge in [-0.05, 0) is 24.1 Å². The lowest BCUT2D eigenvalue weighted by atomic mass is 10.1. The monoisotopic (exact) mass is 272 g/mol. The van der Waals surface area contributed by atoms with Gasteiger partial charge in [0.15, 0.2) is 5.69 Å². The van der Waals surface area contributed by atoms with E-state index in [2.05, 4.69) is 5.10 Å². The molecule has 0 aromatic carbocycles. The Balaban J connectivity index is 2.62. The van der Waals surface area contributed by atoms with Gasteiger partial charge in [0.25, 0.3) is 0 Å². The number of hydrogen-bond acceptors (Lipinski definition) is 2. The first-order valence-corrected chi connectivity index (χ1v) is 6.04. The Hall–Kier alpha value is -1.56. The summed E-state index contributed by atoms with van der Waals surface area (Å²) in [7, 11) is 1.50. The molecule has 0 saturated heterocycles. The summed E-state index contributed by atoms with van der Waals surface area (Å²) in [5.41, 5.74) is 1.11. The van der Waals surface area contributed by atoms with Crippen LogP contribution in [0.1, 0.15) is 30.3 Å². The predicted octanol–water partition coefficient (Wildman–Crippen LogP) is 3.45. The Morgan fingerprint density at radius 3 is 2.63 bits per heavy atom. The minimum atomic E-state index is -4.43. The van der Waals surface area contributed by atoms with E-state index in [1.807, 2.05) is 13.0 Å². The van der Waals surface area contributed by atoms with E-state index in [9.17, 15) is 13.2 Å². The molecule has 104 valence electrons. The number of alkyl halides is 3. The van der Waals surface area contributed by atoms with Crippen molar-refractivity contribution < 1.29 is 17.9 Å². The maximum Gasteiger partial charge on any atom is 0.435 e. The number of pyridine rings is 1. The van der Waals surface area contributed by atoms with Gasteiger partial charge in [0.1, 0.15) is 0 Å². The van der Waals surface area contributed by atoms with Crippen LogP contribution in [0.2, 0.25) is 0 Å². The molecule has 0 N–H and O–H groups in total. The van der Waals surface area contributed by atoms with Gasteiger partial charge in [-0.15, -0.1) is 0 Å². The summed E-state index contributed by atoms with van der Waals surface area (Å²) in [5, 5.41) is 3.66. The Kier molecular flexibility index (Phi) is 3.80. The summed E-state index contributed by atoms with van der Waals surface area (Å²) in [6, 6.07) is 4.70. The zero-order chi connectivity index (χ0) is 14.0. The summed E-state index contributed by atoms with van der Waals surface area (Å²) in [6.07, 6.45) is -2.84. The third kappa shape index (κ3) is 2.73. The Morgan fingerprint density at radius 1 is 1.32 bits per heavy atom. The molecule has 0 aliphatic carbocycles. The van der Waals surface area contributed by atoms with Crippen LogP contribution in [0.4, 0.5) is 13.2 Å². The average Bonchev–Trinajstić information content (AvgIpc) is 2.78. The van der Waals surface area contributed by atoms with E-state index >= 15 is 0 Å². The summed E-state index contributed by atoms with van der Waals surface area (Å²) in [5.74, 6) is 0. The minimum Gasteiger partial charge on any atom is -0.378 e. The molecule has 0 aliphatic heterocycles. The van der Waals surface area contributed by atoms with Gasteiger partial charge in [-0.25, -0.2) is 4.52 Å². The van der Waals surface area contributed by atoms with Gasteiger partial charge < -0.3 is 4.74 Å². The zero-order valence-electron chi connectivity index (χ0n) is 10.8. The topological polar surface area (TPSA) is 26.5 Å². The fourth-order valence-electron chi connectivity index (χ4n) is 2.06. The van der Waals surface area contributed by atoms with Gasteiger partial charge in [-0.2, -0.15) is 18.3 Å². The second kappa shape index (κ2) is 5.21. The first-order chi connectivity index (χ1) is 8.97. The van der Waals surface area contributed by atoms with Crippen molar-refractivity contribution >= 4 is 5.52 Å². The molecule has 2 aromatic rings. The summed E-state index contributed by atoms with van der Waals surface area (Å²) in [4.78, 5) is 0. The van der Waals surface area contributed by atoms with Gasteiger partial charge in [0.05, 0.1) is 17.8 Å². The third-order valence-electron chi connectivity index (χ3n) is 2.89. The summed E-state index contributed by atoms with van der Waals surface area (Å²) < 4.78 is 44.6. The van der Waals surface area contributed by atoms with Gasteiger partial charge in [-0.3, -0.25) is 0 Å². The average molecular weight is 272 g/mol. The Bertz CT molecular complexity index is 532. The highest BCUT2D eigenvalue weighted by molar-refractivity contribution is 5.56. The molecule has 0 aliphatic rings. The second-order valence-electron chi connectivity index (χ2n) is 4.36. The van der Waals surface area contributed by atoms with E-state index in [4.69, 9.17) is 4.74 Å². The van der Waals surface area contributed by atoms with Gasteiger partial charge in [-0.1, -0.05) is 19.4 Å². The van der Waals surface area contributed by atoms with Crippen molar-refractivity contribution in [1.29, 1.82) is 0 Å². The SMILES string of the molecule is CCCc1ccc(COC)n2nc(C(F)(F)F)cc12. The second-order valence-corrected chi connectivity index (χ2v) is 4.36. The van der Waals surface area contributed by atoms with Crippen LogP contribution in [0, 0.1) is 0 Å². The van der Waals surface area contributed by atoms with Crippen LogP contribution in [-0.4, -0.2) is 16.7 Å². The van der Waals surface area contributed by atoms with Crippen molar-refractivity contribution in [2.24, 2.45) is 0 Å². The molecular formula is C13H15F3N2O. The highest BCUT2D eigenvalue weighted by Crippen LogP contribution is 2.30. The molecule has 2 rings (SSSR count). The van der Waals surface area contributed by atoms with E-state index in [0.29, 0.717) is 11.2 Å². The molecule has 6 heteroatoms. The molecule has 0 fully saturated rings. The smallest absolute Gasteiger partial charge is 0.378 e. The molecule has 0 radical (unpaired) electrons. The van der Waals surface area contributed by atoms with Crippen LogP contribution < -0.4 is 0 Å². The van der Waals surface area contributed by atoms with Gasteiger partial charge in [0.2, 0.25) is 0 Å². The zero-order valence-corrected chi connectivity index (χ0v) is 10.8. The van der Waals surface area contributed by atoms with E-state index < -0.39 is 11.9 Å². The van der Waals surface area contributed by atoms with Crippen molar-refractivity contribution in [3.05, 3.63) is 35.2 Å². The molecule has 3 nitrogen and oxygen atoms in total. The number of halogens is 3. The maximum atomic E-state index is 12.8. The molecule has 0 unspecified atom stereocenters. The van der Waals surface area contributed by atoms with Gasteiger partial charge >= 0.3 is 6.18 Å². The molecule has 0 atom stereocenters. The Labute approximate surface area is 109 Å². The number of rotatable bonds is 4. The van der Waals surface area contributed by atoms with Crippen molar-refractivity contribution in [2.45, 2.75) is 32.5 Å². The summed E-state index contributed by atoms with van der Waals surface area (Å²) >= 11 is 0. The lowest BCUT2D eigenvalue weighted by Gasteiger charge is -2.07. The number of fused-ring (bicyclic) bond motifs is 1. The molecule has 2 aromatic heterocycles. The first kappa shape index (κ1) is 13.9. The van der Waals surface area contributed by atoms with E-state index in [1.54, 1.807) is 6.07 Å². The molecule has 2 heterocycles. The first-order valence-electron chi connectivity index (χ1n) is 6.04. The predicted molar refractivity (Wildman–Crippen MR) is 64.9 cm³/mol. The van der Waals surface area contributed by atoms with E-state index in [0.717, 1.165) is 24.5 Å². The van der Waals surface area contributed by atoms with Crippen molar-refractivity contribution in [2.75, 3.05) is 7.11 Å². The van der Waals surface area contributed by atoms with Crippen LogP contribution in [0.15, 0.2) is 18.2 Å². The largest absolute Gasteiger partial charge is 0.435 e. The molecule has 0 spiro atoms. The van der Waals surface area contributed by atoms with Crippen LogP contribution in [0.25, 0.3) is 5.52 Å². The molecule has 0 bridgehead atoms. The number of ether oxygens (including phenoxy) is 1. The van der Waals surface area contributed by atoms with E-state index in [-0.39, 0.29) is 6.61 Å². The van der Waals surface area contributed by atoms with Crippen molar-refractivity contribution in [3.8, 4) is 0 Å². The quantitative estimate of drug-likeness (QED) is 0.852. The molecular weight excluding hydrogens is 257 g/mol. The number of hydrogen-bond donors (Lipinski definition) is 0. The van der Waals surface area contributed by atoms with Gasteiger partial charge in [0, 0.05) is 7.11 Å². The lowest BCUT2D eigenvalue weighted by molar-refractivity contribution is -0.141. The van der Waals surface area contributed by atoms with Crippen molar-refractivity contribution in [1.82, 2.24) is 9.61 Å².